The van der Waals surface area contributed by atoms with Gasteiger partial charge in [0, 0.05) is 51.7 Å². The average molecular weight is 518 g/mol. The molecule has 28 heavy (non-hydrogen) atoms. The summed E-state index contributed by atoms with van der Waals surface area (Å²) in [4.78, 5) is 18.5. The van der Waals surface area contributed by atoms with Crippen LogP contribution in [0.25, 0.3) is 0 Å². The van der Waals surface area contributed by atoms with Gasteiger partial charge in [0.2, 0.25) is 0 Å². The maximum Gasteiger partial charge on any atom is 0.251 e. The van der Waals surface area contributed by atoms with Gasteiger partial charge < -0.3 is 20.1 Å². The van der Waals surface area contributed by atoms with Crippen molar-refractivity contribution in [2.75, 3.05) is 20.6 Å². The summed E-state index contributed by atoms with van der Waals surface area (Å²) in [6.07, 6.45) is 2.80. The van der Waals surface area contributed by atoms with E-state index in [-0.39, 0.29) is 29.9 Å². The van der Waals surface area contributed by atoms with Crippen LogP contribution in [-0.4, -0.2) is 42.0 Å². The number of nitrogens with one attached hydrogen (secondary N) is 2. The van der Waals surface area contributed by atoms with Crippen molar-refractivity contribution in [1.82, 2.24) is 20.1 Å². The fraction of sp³-hybridized carbons (Fsp3) is 0.400. The summed E-state index contributed by atoms with van der Waals surface area (Å²) in [6.45, 7) is 3.98. The number of benzene rings is 1. The van der Waals surface area contributed by atoms with Gasteiger partial charge in [0.1, 0.15) is 0 Å². The quantitative estimate of drug-likeness (QED) is 0.335. The molecule has 1 aromatic heterocycles. The van der Waals surface area contributed by atoms with Crippen LogP contribution in [0.2, 0.25) is 5.02 Å². The van der Waals surface area contributed by atoms with Crippen LogP contribution in [0.15, 0.2) is 41.5 Å². The fourth-order valence-corrected chi connectivity index (χ4v) is 3.04. The summed E-state index contributed by atoms with van der Waals surface area (Å²) in [6, 6.07) is 9.57. The number of carbonyl (C=O) groups is 1. The van der Waals surface area contributed by atoms with Gasteiger partial charge >= 0.3 is 0 Å². The lowest BCUT2D eigenvalue weighted by atomic mass is 10.1. The van der Waals surface area contributed by atoms with Crippen LogP contribution < -0.4 is 10.6 Å². The van der Waals surface area contributed by atoms with Gasteiger partial charge in [-0.2, -0.15) is 0 Å². The molecule has 0 saturated heterocycles. The first kappa shape index (κ1) is 24.3. The minimum absolute atomic E-state index is 0. The summed E-state index contributed by atoms with van der Waals surface area (Å²) in [5, 5.41) is 6.97. The molecular formula is C20H29ClIN5O. The Labute approximate surface area is 189 Å². The lowest BCUT2D eigenvalue weighted by Crippen LogP contribution is -2.38. The van der Waals surface area contributed by atoms with Crippen molar-refractivity contribution in [1.29, 1.82) is 0 Å². The predicted molar refractivity (Wildman–Crippen MR) is 127 cm³/mol. The van der Waals surface area contributed by atoms with Crippen molar-refractivity contribution in [2.24, 2.45) is 12.0 Å². The van der Waals surface area contributed by atoms with E-state index in [4.69, 9.17) is 11.6 Å². The van der Waals surface area contributed by atoms with Gasteiger partial charge in [-0.3, -0.25) is 9.79 Å². The molecule has 0 aliphatic carbocycles. The van der Waals surface area contributed by atoms with Crippen molar-refractivity contribution < 1.29 is 4.79 Å². The molecule has 0 atom stereocenters. The molecule has 2 rings (SSSR count). The molecule has 0 fully saturated rings. The van der Waals surface area contributed by atoms with Gasteiger partial charge in [0.25, 0.3) is 5.91 Å². The minimum Gasteiger partial charge on any atom is -0.352 e. The second kappa shape index (κ2) is 12.0. The maximum absolute atomic E-state index is 12.1. The lowest BCUT2D eigenvalue weighted by Gasteiger charge is -2.22. The first-order valence-electron chi connectivity index (χ1n) is 9.04. The van der Waals surface area contributed by atoms with E-state index < -0.39 is 0 Å². The Bertz CT molecular complexity index is 806. The third-order valence-corrected chi connectivity index (χ3v) is 4.43. The standard InChI is InChI=1S/C20H28ClN5O.HI/c1-5-9-23-19(27)16-8-6-7-15(10-16)12-24-20(22-2)26(4)14-18-11-17(21)13-25(18)3;/h6-8,10-11,13H,5,9,12,14H2,1-4H3,(H,22,24)(H,23,27);1H. The molecule has 0 bridgehead atoms. The molecule has 0 spiro atoms. The second-order valence-corrected chi connectivity index (χ2v) is 6.91. The Morgan fingerprint density at radius 3 is 2.64 bits per heavy atom. The Hall–Kier alpha value is -1.74. The van der Waals surface area contributed by atoms with E-state index in [2.05, 4.69) is 15.6 Å². The highest BCUT2D eigenvalue weighted by molar-refractivity contribution is 14.0. The average Bonchev–Trinajstić information content (AvgIpc) is 2.97. The van der Waals surface area contributed by atoms with Crippen LogP contribution in [0.4, 0.5) is 0 Å². The highest BCUT2D eigenvalue weighted by Crippen LogP contribution is 2.14. The van der Waals surface area contributed by atoms with E-state index in [1.807, 2.05) is 67.0 Å². The van der Waals surface area contributed by atoms with Gasteiger partial charge in [-0.15, -0.1) is 24.0 Å². The SMILES string of the molecule is CCCNC(=O)c1cccc(CNC(=NC)N(C)Cc2cc(Cl)cn2C)c1.I. The zero-order valence-corrected chi connectivity index (χ0v) is 19.9. The van der Waals surface area contributed by atoms with Crippen molar-refractivity contribution in [2.45, 2.75) is 26.4 Å². The first-order valence-corrected chi connectivity index (χ1v) is 9.42. The number of aliphatic imine (C=N–C) groups is 1. The van der Waals surface area contributed by atoms with E-state index >= 15 is 0 Å². The maximum atomic E-state index is 12.1. The number of hydrogen-bond donors (Lipinski definition) is 2. The smallest absolute Gasteiger partial charge is 0.251 e. The molecule has 8 heteroatoms. The summed E-state index contributed by atoms with van der Waals surface area (Å²) >= 11 is 6.06. The van der Waals surface area contributed by atoms with E-state index in [0.29, 0.717) is 25.2 Å². The van der Waals surface area contributed by atoms with Gasteiger partial charge in [0.15, 0.2) is 5.96 Å². The third-order valence-electron chi connectivity index (χ3n) is 4.22. The molecule has 1 amide bonds. The van der Waals surface area contributed by atoms with Crippen molar-refractivity contribution >= 4 is 47.4 Å². The topological polar surface area (TPSA) is 61.7 Å². The molecule has 6 nitrogen and oxygen atoms in total. The number of aromatic nitrogens is 1. The molecule has 0 aliphatic rings. The summed E-state index contributed by atoms with van der Waals surface area (Å²) < 4.78 is 2.00. The number of hydrogen-bond acceptors (Lipinski definition) is 2. The Kier molecular flexibility index (Phi) is 10.4. The van der Waals surface area contributed by atoms with E-state index in [0.717, 1.165) is 28.7 Å². The molecule has 1 heterocycles. The zero-order valence-electron chi connectivity index (χ0n) is 16.8. The highest BCUT2D eigenvalue weighted by atomic mass is 127. The Morgan fingerprint density at radius 1 is 1.29 bits per heavy atom. The molecule has 0 radical (unpaired) electrons. The Morgan fingerprint density at radius 2 is 2.04 bits per heavy atom. The third kappa shape index (κ3) is 7.01. The molecule has 2 aromatic rings. The highest BCUT2D eigenvalue weighted by Gasteiger charge is 2.10. The molecule has 0 aliphatic heterocycles. The number of carbonyl (C=O) groups excluding carboxylic acids is 1. The molecule has 1 aromatic carbocycles. The van der Waals surface area contributed by atoms with Gasteiger partial charge in [0.05, 0.1) is 11.6 Å². The van der Waals surface area contributed by atoms with Crippen LogP contribution in [0.1, 0.15) is 35.0 Å². The van der Waals surface area contributed by atoms with Crippen LogP contribution >= 0.6 is 35.6 Å². The number of nitrogens with zero attached hydrogens (tertiary/aromatic N) is 3. The predicted octanol–water partition coefficient (Wildman–Crippen LogP) is 3.64. The Balaban J connectivity index is 0.00000392. The van der Waals surface area contributed by atoms with Gasteiger partial charge in [-0.25, -0.2) is 0 Å². The summed E-state index contributed by atoms with van der Waals surface area (Å²) in [5.74, 6) is 0.731. The van der Waals surface area contributed by atoms with Gasteiger partial charge in [-0.1, -0.05) is 30.7 Å². The molecule has 154 valence electrons. The summed E-state index contributed by atoms with van der Waals surface area (Å²) in [7, 11) is 5.70. The number of aryl methyl sites for hydroxylation is 1. The van der Waals surface area contributed by atoms with Crippen molar-refractivity contribution in [3.05, 3.63) is 58.4 Å². The second-order valence-electron chi connectivity index (χ2n) is 6.47. The van der Waals surface area contributed by atoms with Crippen molar-refractivity contribution in [3.8, 4) is 0 Å². The first-order chi connectivity index (χ1) is 12.9. The van der Waals surface area contributed by atoms with Crippen molar-refractivity contribution in [3.63, 3.8) is 0 Å². The summed E-state index contributed by atoms with van der Waals surface area (Å²) in [5.41, 5.74) is 2.79. The van der Waals surface area contributed by atoms with Gasteiger partial charge in [-0.05, 0) is 30.2 Å². The zero-order chi connectivity index (χ0) is 19.8. The van der Waals surface area contributed by atoms with Crippen LogP contribution in [0, 0.1) is 0 Å². The largest absolute Gasteiger partial charge is 0.352 e. The molecule has 0 saturated carbocycles. The number of halogens is 2. The number of guanidine groups is 1. The van der Waals surface area contributed by atoms with E-state index in [1.54, 1.807) is 7.05 Å². The monoisotopic (exact) mass is 517 g/mol. The van der Waals surface area contributed by atoms with Crippen LogP contribution in [-0.2, 0) is 20.1 Å². The molecular weight excluding hydrogens is 489 g/mol. The van der Waals surface area contributed by atoms with E-state index in [1.165, 1.54) is 0 Å². The van der Waals surface area contributed by atoms with Crippen LogP contribution in [0.3, 0.4) is 0 Å². The normalized spacial score (nSPS) is 11.0. The fourth-order valence-electron chi connectivity index (χ4n) is 2.77. The molecule has 2 N–H and O–H groups in total. The lowest BCUT2D eigenvalue weighted by molar-refractivity contribution is 0.0953. The number of rotatable bonds is 7. The molecule has 0 unspecified atom stereocenters. The van der Waals surface area contributed by atoms with E-state index in [9.17, 15) is 4.79 Å². The number of amides is 1. The minimum atomic E-state index is -0.0409. The van der Waals surface area contributed by atoms with Crippen LogP contribution in [0.5, 0.6) is 0 Å².